The molecule has 0 saturated carbocycles. The zero-order valence-corrected chi connectivity index (χ0v) is 9.89. The van der Waals surface area contributed by atoms with Crippen LogP contribution in [-0.2, 0) is 0 Å². The molecule has 2 aromatic rings. The standard InChI is InChI=1S/C15H11ClO/c16-14-9-6-12(7-10-14)8-11-15(17)13-4-2-1-3-5-13/h1-11H/b11-8-. The van der Waals surface area contributed by atoms with Gasteiger partial charge in [-0.05, 0) is 23.8 Å². The van der Waals surface area contributed by atoms with Crippen molar-refractivity contribution in [3.05, 3.63) is 76.8 Å². The highest BCUT2D eigenvalue weighted by atomic mass is 35.5. The second-order valence-corrected chi connectivity index (χ2v) is 4.05. The molecule has 0 aliphatic rings. The molecule has 1 nitrogen and oxygen atoms in total. The fourth-order valence-corrected chi connectivity index (χ4v) is 1.57. The summed E-state index contributed by atoms with van der Waals surface area (Å²) in [6.45, 7) is 0. The Labute approximate surface area is 105 Å². The summed E-state index contributed by atoms with van der Waals surface area (Å²) >= 11 is 5.78. The number of hydrogen-bond donors (Lipinski definition) is 0. The van der Waals surface area contributed by atoms with Gasteiger partial charge < -0.3 is 0 Å². The van der Waals surface area contributed by atoms with E-state index in [1.54, 1.807) is 36.4 Å². The topological polar surface area (TPSA) is 17.1 Å². The number of rotatable bonds is 3. The summed E-state index contributed by atoms with van der Waals surface area (Å²) < 4.78 is 0. The third-order valence-corrected chi connectivity index (χ3v) is 2.61. The molecule has 0 aliphatic carbocycles. The molecule has 0 heterocycles. The van der Waals surface area contributed by atoms with Gasteiger partial charge in [0.05, 0.1) is 0 Å². The van der Waals surface area contributed by atoms with Gasteiger partial charge in [-0.3, -0.25) is 4.79 Å². The average Bonchev–Trinajstić information content (AvgIpc) is 2.39. The van der Waals surface area contributed by atoms with Crippen LogP contribution in [0.25, 0.3) is 6.08 Å². The normalized spacial score (nSPS) is 10.6. The number of hydrogen-bond acceptors (Lipinski definition) is 1. The summed E-state index contributed by atoms with van der Waals surface area (Å²) in [5, 5.41) is 0.691. The second kappa shape index (κ2) is 5.46. The second-order valence-electron chi connectivity index (χ2n) is 3.62. The summed E-state index contributed by atoms with van der Waals surface area (Å²) in [7, 11) is 0. The average molecular weight is 243 g/mol. The highest BCUT2D eigenvalue weighted by molar-refractivity contribution is 6.30. The molecular weight excluding hydrogens is 232 g/mol. The van der Waals surface area contributed by atoms with Crippen molar-refractivity contribution in [3.63, 3.8) is 0 Å². The maximum absolute atomic E-state index is 11.8. The van der Waals surface area contributed by atoms with E-state index in [2.05, 4.69) is 0 Å². The SMILES string of the molecule is O=C(/C=C\c1ccc(Cl)cc1)c1ccccc1. The van der Waals surface area contributed by atoms with Gasteiger partial charge in [-0.1, -0.05) is 60.1 Å². The van der Waals surface area contributed by atoms with Gasteiger partial charge in [0, 0.05) is 10.6 Å². The van der Waals surface area contributed by atoms with Crippen molar-refractivity contribution in [2.45, 2.75) is 0 Å². The van der Waals surface area contributed by atoms with E-state index in [0.29, 0.717) is 10.6 Å². The Morgan fingerprint density at radius 3 is 2.24 bits per heavy atom. The minimum atomic E-state index is 0.000509. The van der Waals surface area contributed by atoms with Crippen molar-refractivity contribution < 1.29 is 4.79 Å². The van der Waals surface area contributed by atoms with Crippen LogP contribution < -0.4 is 0 Å². The van der Waals surface area contributed by atoms with Crippen LogP contribution in [0, 0.1) is 0 Å². The zero-order chi connectivity index (χ0) is 12.1. The molecule has 0 saturated heterocycles. The van der Waals surface area contributed by atoms with Crippen molar-refractivity contribution in [2.75, 3.05) is 0 Å². The number of halogens is 1. The molecule has 2 rings (SSSR count). The molecule has 84 valence electrons. The fourth-order valence-electron chi connectivity index (χ4n) is 1.44. The van der Waals surface area contributed by atoms with Gasteiger partial charge in [-0.2, -0.15) is 0 Å². The summed E-state index contributed by atoms with van der Waals surface area (Å²) in [6.07, 6.45) is 3.35. The Kier molecular flexibility index (Phi) is 3.73. The van der Waals surface area contributed by atoms with E-state index in [-0.39, 0.29) is 5.78 Å². The number of carbonyl (C=O) groups is 1. The first-order valence-electron chi connectivity index (χ1n) is 5.29. The number of allylic oxidation sites excluding steroid dienone is 1. The van der Waals surface area contributed by atoms with E-state index in [1.807, 2.05) is 30.3 Å². The third-order valence-electron chi connectivity index (χ3n) is 2.36. The first kappa shape index (κ1) is 11.6. The molecule has 2 heteroatoms. The Balaban J connectivity index is 2.11. The zero-order valence-electron chi connectivity index (χ0n) is 9.14. The first-order chi connectivity index (χ1) is 8.25. The summed E-state index contributed by atoms with van der Waals surface area (Å²) in [4.78, 5) is 11.8. The lowest BCUT2D eigenvalue weighted by Gasteiger charge is -1.95. The van der Waals surface area contributed by atoms with Gasteiger partial charge in [0.2, 0.25) is 0 Å². The van der Waals surface area contributed by atoms with Crippen LogP contribution in [0.1, 0.15) is 15.9 Å². The molecule has 0 aliphatic heterocycles. The Hall–Kier alpha value is -1.86. The van der Waals surface area contributed by atoms with E-state index in [1.165, 1.54) is 0 Å². The van der Waals surface area contributed by atoms with Crippen LogP contribution >= 0.6 is 11.6 Å². The van der Waals surface area contributed by atoms with Gasteiger partial charge in [-0.15, -0.1) is 0 Å². The smallest absolute Gasteiger partial charge is 0.185 e. The van der Waals surface area contributed by atoms with Gasteiger partial charge in [0.15, 0.2) is 5.78 Å². The molecule has 17 heavy (non-hydrogen) atoms. The molecule has 2 aromatic carbocycles. The molecule has 0 bridgehead atoms. The van der Waals surface area contributed by atoms with Gasteiger partial charge in [-0.25, -0.2) is 0 Å². The highest BCUT2D eigenvalue weighted by Gasteiger charge is 1.98. The van der Waals surface area contributed by atoms with Crippen LogP contribution in [0.5, 0.6) is 0 Å². The number of ketones is 1. The lowest BCUT2D eigenvalue weighted by Crippen LogP contribution is -1.92. The lowest BCUT2D eigenvalue weighted by molar-refractivity contribution is 0.104. The molecule has 0 amide bonds. The molecule has 0 spiro atoms. The molecule has 0 atom stereocenters. The van der Waals surface area contributed by atoms with Crippen molar-refractivity contribution in [1.29, 1.82) is 0 Å². The van der Waals surface area contributed by atoms with E-state index < -0.39 is 0 Å². The molecule has 0 radical (unpaired) electrons. The fraction of sp³-hybridized carbons (Fsp3) is 0. The van der Waals surface area contributed by atoms with E-state index in [9.17, 15) is 4.79 Å². The van der Waals surface area contributed by atoms with Crippen LogP contribution in [0.3, 0.4) is 0 Å². The summed E-state index contributed by atoms with van der Waals surface area (Å²) in [5.74, 6) is 0.000509. The Bertz CT molecular complexity index is 527. The predicted molar refractivity (Wildman–Crippen MR) is 71.3 cm³/mol. The first-order valence-corrected chi connectivity index (χ1v) is 5.66. The van der Waals surface area contributed by atoms with Gasteiger partial charge in [0.25, 0.3) is 0 Å². The van der Waals surface area contributed by atoms with Crippen LogP contribution in [-0.4, -0.2) is 5.78 Å². The van der Waals surface area contributed by atoms with Crippen molar-refractivity contribution in [3.8, 4) is 0 Å². The maximum Gasteiger partial charge on any atom is 0.185 e. The molecule has 0 aromatic heterocycles. The quantitative estimate of drug-likeness (QED) is 0.581. The van der Waals surface area contributed by atoms with Crippen molar-refractivity contribution in [1.82, 2.24) is 0 Å². The van der Waals surface area contributed by atoms with E-state index in [4.69, 9.17) is 11.6 Å². The van der Waals surface area contributed by atoms with E-state index in [0.717, 1.165) is 5.56 Å². The van der Waals surface area contributed by atoms with Crippen LogP contribution in [0.4, 0.5) is 0 Å². The largest absolute Gasteiger partial charge is 0.289 e. The van der Waals surface area contributed by atoms with E-state index >= 15 is 0 Å². The molecule has 0 N–H and O–H groups in total. The highest BCUT2D eigenvalue weighted by Crippen LogP contribution is 2.11. The minimum Gasteiger partial charge on any atom is -0.289 e. The van der Waals surface area contributed by atoms with Crippen LogP contribution in [0.15, 0.2) is 60.7 Å². The summed E-state index contributed by atoms with van der Waals surface area (Å²) in [5.41, 5.74) is 1.65. The monoisotopic (exact) mass is 242 g/mol. The van der Waals surface area contributed by atoms with Crippen molar-refractivity contribution in [2.24, 2.45) is 0 Å². The molecule has 0 fully saturated rings. The maximum atomic E-state index is 11.8. The Morgan fingerprint density at radius 2 is 1.59 bits per heavy atom. The lowest BCUT2D eigenvalue weighted by atomic mass is 10.1. The third kappa shape index (κ3) is 3.30. The van der Waals surface area contributed by atoms with Crippen molar-refractivity contribution >= 4 is 23.5 Å². The van der Waals surface area contributed by atoms with Crippen LogP contribution in [0.2, 0.25) is 5.02 Å². The minimum absolute atomic E-state index is 0.000509. The van der Waals surface area contributed by atoms with Gasteiger partial charge in [0.1, 0.15) is 0 Å². The molecular formula is C15H11ClO. The Morgan fingerprint density at radius 1 is 0.941 bits per heavy atom. The predicted octanol–water partition coefficient (Wildman–Crippen LogP) is 4.24. The van der Waals surface area contributed by atoms with Gasteiger partial charge >= 0.3 is 0 Å². The molecule has 0 unspecified atom stereocenters. The summed E-state index contributed by atoms with van der Waals surface area (Å²) in [6, 6.07) is 16.5. The number of benzene rings is 2. The number of carbonyl (C=O) groups excluding carboxylic acids is 1.